The summed E-state index contributed by atoms with van der Waals surface area (Å²) >= 11 is 5.91. The van der Waals surface area contributed by atoms with Crippen molar-refractivity contribution in [3.05, 3.63) is 100 Å². The summed E-state index contributed by atoms with van der Waals surface area (Å²) in [5.74, 6) is 0.388. The van der Waals surface area contributed by atoms with Crippen molar-refractivity contribution in [3.8, 4) is 11.5 Å². The molecule has 7 nitrogen and oxygen atoms in total. The van der Waals surface area contributed by atoms with Gasteiger partial charge < -0.3 is 25.2 Å². The minimum absolute atomic E-state index is 0.0564. The summed E-state index contributed by atoms with van der Waals surface area (Å²) in [6.45, 7) is 2.78. The molecule has 0 heterocycles. The second-order valence-corrected chi connectivity index (χ2v) is 8.18. The number of benzene rings is 3. The highest BCUT2D eigenvalue weighted by Crippen LogP contribution is 2.16. The van der Waals surface area contributed by atoms with E-state index in [9.17, 15) is 9.59 Å². The lowest BCUT2D eigenvalue weighted by Gasteiger charge is -2.12. The third-order valence-corrected chi connectivity index (χ3v) is 5.33. The van der Waals surface area contributed by atoms with Crippen LogP contribution in [-0.2, 0) is 11.2 Å². The summed E-state index contributed by atoms with van der Waals surface area (Å²) < 4.78 is 11.2. The lowest BCUT2D eigenvalue weighted by atomic mass is 10.1. The predicted molar refractivity (Wildman–Crippen MR) is 140 cm³/mol. The van der Waals surface area contributed by atoms with Gasteiger partial charge in [-0.1, -0.05) is 35.9 Å². The van der Waals surface area contributed by atoms with Crippen LogP contribution in [0.1, 0.15) is 28.4 Å². The van der Waals surface area contributed by atoms with Crippen LogP contribution < -0.4 is 20.1 Å². The zero-order chi connectivity index (χ0) is 25.8. The molecule has 0 saturated heterocycles. The van der Waals surface area contributed by atoms with Crippen LogP contribution in [0.25, 0.3) is 6.08 Å². The summed E-state index contributed by atoms with van der Waals surface area (Å²) in [5.41, 5.74) is 2.24. The number of ether oxygens (including phenoxy) is 2. The van der Waals surface area contributed by atoms with E-state index >= 15 is 0 Å². The third kappa shape index (κ3) is 8.45. The first-order valence-corrected chi connectivity index (χ1v) is 12.0. The summed E-state index contributed by atoms with van der Waals surface area (Å²) in [4.78, 5) is 25.4. The highest BCUT2D eigenvalue weighted by molar-refractivity contribution is 6.30. The average molecular weight is 509 g/mol. The Morgan fingerprint density at radius 2 is 1.56 bits per heavy atom. The van der Waals surface area contributed by atoms with E-state index in [4.69, 9.17) is 26.2 Å². The number of rotatable bonds is 12. The number of halogens is 1. The summed E-state index contributed by atoms with van der Waals surface area (Å²) in [5, 5.41) is 15.0. The number of aliphatic hydroxyl groups is 1. The minimum atomic E-state index is -0.506. The van der Waals surface area contributed by atoms with Crippen LogP contribution in [0.5, 0.6) is 11.5 Å². The smallest absolute Gasteiger partial charge is 0.267 e. The van der Waals surface area contributed by atoms with E-state index < -0.39 is 11.8 Å². The topological polar surface area (TPSA) is 96.9 Å². The monoisotopic (exact) mass is 508 g/mol. The Hall–Kier alpha value is -3.81. The molecule has 2 amide bonds. The molecule has 8 heteroatoms. The standard InChI is InChI=1S/C28H29ClN2O5/c1-2-35-24-11-5-21(6-12-24)19-26(28(34)30-16-17-32)31-27(33)22-7-13-25(14-8-22)36-18-15-20-3-9-23(29)10-4-20/h3-14,19,32H,2,15-18H2,1H3,(H,30,34)(H,31,33). The van der Waals surface area contributed by atoms with Crippen LogP contribution in [0, 0.1) is 0 Å². The molecular formula is C28H29ClN2O5. The van der Waals surface area contributed by atoms with Gasteiger partial charge in [-0.05, 0) is 72.7 Å². The Morgan fingerprint density at radius 1 is 0.917 bits per heavy atom. The van der Waals surface area contributed by atoms with Gasteiger partial charge in [0.2, 0.25) is 0 Å². The lowest BCUT2D eigenvalue weighted by Crippen LogP contribution is -2.36. The van der Waals surface area contributed by atoms with Crippen molar-refractivity contribution < 1.29 is 24.2 Å². The largest absolute Gasteiger partial charge is 0.494 e. The Labute approximate surface area is 215 Å². The SMILES string of the molecule is CCOc1ccc(C=C(NC(=O)c2ccc(OCCc3ccc(Cl)cc3)cc2)C(=O)NCCO)cc1. The number of hydrogen-bond donors (Lipinski definition) is 3. The first-order chi connectivity index (χ1) is 17.5. The number of carbonyl (C=O) groups excluding carboxylic acids is 2. The van der Waals surface area contributed by atoms with Crippen LogP contribution in [0.4, 0.5) is 0 Å². The molecule has 0 aliphatic heterocycles. The molecule has 0 unspecified atom stereocenters. The summed E-state index contributed by atoms with van der Waals surface area (Å²) in [7, 11) is 0. The summed E-state index contributed by atoms with van der Waals surface area (Å²) in [6, 6.07) is 21.4. The van der Waals surface area contributed by atoms with Gasteiger partial charge in [-0.25, -0.2) is 0 Å². The number of amides is 2. The van der Waals surface area contributed by atoms with Gasteiger partial charge in [-0.15, -0.1) is 0 Å². The van der Waals surface area contributed by atoms with Crippen LogP contribution in [0.2, 0.25) is 5.02 Å². The van der Waals surface area contributed by atoms with Gasteiger partial charge in [0.15, 0.2) is 0 Å². The first-order valence-electron chi connectivity index (χ1n) is 11.6. The van der Waals surface area contributed by atoms with Crippen molar-refractivity contribution in [1.82, 2.24) is 10.6 Å². The van der Waals surface area contributed by atoms with Gasteiger partial charge in [-0.2, -0.15) is 0 Å². The van der Waals surface area contributed by atoms with Crippen LogP contribution in [0.15, 0.2) is 78.5 Å². The second kappa shape index (κ2) is 13.9. The Bertz CT molecular complexity index is 1160. The second-order valence-electron chi connectivity index (χ2n) is 7.74. The minimum Gasteiger partial charge on any atom is -0.494 e. The fourth-order valence-electron chi connectivity index (χ4n) is 3.25. The van der Waals surface area contributed by atoms with E-state index in [2.05, 4.69) is 10.6 Å². The number of carbonyl (C=O) groups is 2. The molecule has 0 aliphatic carbocycles. The van der Waals surface area contributed by atoms with Crippen molar-refractivity contribution in [2.24, 2.45) is 0 Å². The van der Waals surface area contributed by atoms with Crippen LogP contribution in [-0.4, -0.2) is 43.3 Å². The van der Waals surface area contributed by atoms with Crippen LogP contribution in [0.3, 0.4) is 0 Å². The molecular weight excluding hydrogens is 480 g/mol. The average Bonchev–Trinajstić information content (AvgIpc) is 2.89. The summed E-state index contributed by atoms with van der Waals surface area (Å²) in [6.07, 6.45) is 2.29. The molecule has 36 heavy (non-hydrogen) atoms. The molecule has 3 N–H and O–H groups in total. The molecule has 3 aromatic rings. The van der Waals surface area contributed by atoms with Gasteiger partial charge >= 0.3 is 0 Å². The highest BCUT2D eigenvalue weighted by Gasteiger charge is 2.15. The molecule has 0 radical (unpaired) electrons. The highest BCUT2D eigenvalue weighted by atomic mass is 35.5. The van der Waals surface area contributed by atoms with Gasteiger partial charge in [0, 0.05) is 23.6 Å². The molecule has 3 rings (SSSR count). The Morgan fingerprint density at radius 3 is 2.19 bits per heavy atom. The maximum atomic E-state index is 12.8. The van der Waals surface area contributed by atoms with Gasteiger partial charge in [0.1, 0.15) is 17.2 Å². The van der Waals surface area contributed by atoms with Crippen LogP contribution >= 0.6 is 11.6 Å². The van der Waals surface area contributed by atoms with Gasteiger partial charge in [-0.3, -0.25) is 9.59 Å². The molecule has 3 aromatic carbocycles. The maximum absolute atomic E-state index is 12.8. The van der Waals surface area contributed by atoms with Crippen molar-refractivity contribution in [1.29, 1.82) is 0 Å². The lowest BCUT2D eigenvalue weighted by molar-refractivity contribution is -0.117. The molecule has 0 bridgehead atoms. The zero-order valence-electron chi connectivity index (χ0n) is 20.0. The predicted octanol–water partition coefficient (Wildman–Crippen LogP) is 4.24. The Kier molecular flexibility index (Phi) is 10.4. The molecule has 0 fully saturated rings. The van der Waals surface area contributed by atoms with E-state index in [1.807, 2.05) is 31.2 Å². The molecule has 188 valence electrons. The number of hydrogen-bond acceptors (Lipinski definition) is 5. The quantitative estimate of drug-likeness (QED) is 0.318. The number of aliphatic hydroxyl groups excluding tert-OH is 1. The van der Waals surface area contributed by atoms with Gasteiger partial charge in [0.25, 0.3) is 11.8 Å². The van der Waals surface area contributed by atoms with E-state index in [0.717, 1.165) is 12.0 Å². The molecule has 0 spiro atoms. The van der Waals surface area contributed by atoms with E-state index in [-0.39, 0.29) is 18.8 Å². The third-order valence-electron chi connectivity index (χ3n) is 5.08. The van der Waals surface area contributed by atoms with E-state index in [1.165, 1.54) is 0 Å². The van der Waals surface area contributed by atoms with E-state index in [1.54, 1.807) is 54.6 Å². The normalized spacial score (nSPS) is 11.0. The van der Waals surface area contributed by atoms with Crippen molar-refractivity contribution in [3.63, 3.8) is 0 Å². The fourth-order valence-corrected chi connectivity index (χ4v) is 3.38. The first kappa shape index (κ1) is 26.8. The maximum Gasteiger partial charge on any atom is 0.267 e. The molecule has 0 aliphatic rings. The fraction of sp³-hybridized carbons (Fsp3) is 0.214. The zero-order valence-corrected chi connectivity index (χ0v) is 20.8. The number of nitrogens with one attached hydrogen (secondary N) is 2. The van der Waals surface area contributed by atoms with Crippen molar-refractivity contribution in [2.75, 3.05) is 26.4 Å². The van der Waals surface area contributed by atoms with Gasteiger partial charge in [0.05, 0.1) is 19.8 Å². The molecule has 0 aromatic heterocycles. The van der Waals surface area contributed by atoms with Crippen molar-refractivity contribution >= 4 is 29.5 Å². The molecule has 0 atom stereocenters. The van der Waals surface area contributed by atoms with Crippen molar-refractivity contribution in [2.45, 2.75) is 13.3 Å². The molecule has 0 saturated carbocycles. The Balaban J connectivity index is 1.63. The van der Waals surface area contributed by atoms with E-state index in [0.29, 0.717) is 40.9 Å².